The van der Waals surface area contributed by atoms with Crippen molar-refractivity contribution in [3.05, 3.63) is 0 Å². The second-order valence-corrected chi connectivity index (χ2v) is 3.91. The van der Waals surface area contributed by atoms with E-state index >= 15 is 0 Å². The summed E-state index contributed by atoms with van der Waals surface area (Å²) in [6, 6.07) is -1.16. The number of nitrogens with two attached hydrogens (primary N) is 3. The standard InChI is InChI=1S/C6H14N4O5S/c7-4(2-1-3-10-6(8)9)5(11)15-16(12,13)14/h4H,1-3,7H2,(H4,8,9,10)(H,12,13,14)/t4-/m0/s1. The van der Waals surface area contributed by atoms with Crippen LogP contribution in [0.3, 0.4) is 0 Å². The molecule has 0 saturated heterocycles. The first kappa shape index (κ1) is 14.6. The summed E-state index contributed by atoms with van der Waals surface area (Å²) in [6.45, 7) is 0.259. The van der Waals surface area contributed by atoms with E-state index in [1.807, 2.05) is 0 Å². The molecule has 0 aromatic carbocycles. The van der Waals surface area contributed by atoms with Crippen LogP contribution in [0.2, 0.25) is 0 Å². The van der Waals surface area contributed by atoms with E-state index < -0.39 is 22.4 Å². The molecule has 0 heterocycles. The van der Waals surface area contributed by atoms with E-state index in [1.54, 1.807) is 0 Å². The quantitative estimate of drug-likeness (QED) is 0.177. The lowest BCUT2D eigenvalue weighted by Gasteiger charge is -2.07. The predicted molar refractivity (Wildman–Crippen MR) is 55.5 cm³/mol. The molecule has 94 valence electrons. The third-order valence-electron chi connectivity index (χ3n) is 1.46. The summed E-state index contributed by atoms with van der Waals surface area (Å²) in [5, 5.41) is 0. The molecular weight excluding hydrogens is 240 g/mol. The highest BCUT2D eigenvalue weighted by atomic mass is 32.3. The molecule has 0 aromatic rings. The maximum atomic E-state index is 10.9. The van der Waals surface area contributed by atoms with Crippen LogP contribution in [-0.4, -0.2) is 37.5 Å². The Labute approximate surface area is 92.6 Å². The fraction of sp³-hybridized carbons (Fsp3) is 0.667. The third kappa shape index (κ3) is 7.96. The Kier molecular flexibility index (Phi) is 5.71. The second-order valence-electron chi connectivity index (χ2n) is 2.89. The van der Waals surface area contributed by atoms with Gasteiger partial charge in [0.25, 0.3) is 0 Å². The van der Waals surface area contributed by atoms with E-state index in [2.05, 4.69) is 9.18 Å². The van der Waals surface area contributed by atoms with Crippen LogP contribution in [0.4, 0.5) is 0 Å². The van der Waals surface area contributed by atoms with E-state index in [1.165, 1.54) is 0 Å². The van der Waals surface area contributed by atoms with Crippen LogP contribution < -0.4 is 17.2 Å². The van der Waals surface area contributed by atoms with E-state index in [0.717, 1.165) is 0 Å². The van der Waals surface area contributed by atoms with Gasteiger partial charge in [-0.05, 0) is 12.8 Å². The minimum Gasteiger partial charge on any atom is -0.370 e. The lowest BCUT2D eigenvalue weighted by atomic mass is 10.2. The van der Waals surface area contributed by atoms with Gasteiger partial charge in [-0.15, -0.1) is 0 Å². The van der Waals surface area contributed by atoms with Crippen molar-refractivity contribution < 1.29 is 21.9 Å². The highest BCUT2D eigenvalue weighted by Gasteiger charge is 2.20. The Morgan fingerprint density at radius 3 is 2.44 bits per heavy atom. The number of carbonyl (C=O) groups excluding carboxylic acids is 1. The summed E-state index contributed by atoms with van der Waals surface area (Å²) in [7, 11) is -4.81. The van der Waals surface area contributed by atoms with Gasteiger partial charge in [-0.1, -0.05) is 0 Å². The molecule has 7 N–H and O–H groups in total. The van der Waals surface area contributed by atoms with E-state index in [9.17, 15) is 13.2 Å². The minimum absolute atomic E-state index is 0.0888. The van der Waals surface area contributed by atoms with Gasteiger partial charge >= 0.3 is 16.4 Å². The van der Waals surface area contributed by atoms with Crippen molar-refractivity contribution in [3.63, 3.8) is 0 Å². The Hall–Kier alpha value is -1.39. The number of hydrogen-bond acceptors (Lipinski definition) is 6. The van der Waals surface area contributed by atoms with Crippen LogP contribution in [-0.2, 0) is 19.4 Å². The Balaban J connectivity index is 3.94. The monoisotopic (exact) mass is 254 g/mol. The third-order valence-corrected chi connectivity index (χ3v) is 1.83. The van der Waals surface area contributed by atoms with Crippen molar-refractivity contribution in [2.45, 2.75) is 18.9 Å². The summed E-state index contributed by atoms with van der Waals surface area (Å²) in [4.78, 5) is 14.5. The first-order chi connectivity index (χ1) is 7.22. The summed E-state index contributed by atoms with van der Waals surface area (Å²) in [5.41, 5.74) is 15.4. The summed E-state index contributed by atoms with van der Waals surface area (Å²) >= 11 is 0. The average molecular weight is 254 g/mol. The van der Waals surface area contributed by atoms with Crippen molar-refractivity contribution in [1.29, 1.82) is 0 Å². The number of carbonyl (C=O) groups is 1. The molecule has 9 nitrogen and oxygen atoms in total. The van der Waals surface area contributed by atoms with Crippen molar-refractivity contribution in [2.24, 2.45) is 22.2 Å². The first-order valence-electron chi connectivity index (χ1n) is 4.24. The number of guanidine groups is 1. The highest BCUT2D eigenvalue weighted by Crippen LogP contribution is 1.99. The van der Waals surface area contributed by atoms with Gasteiger partial charge in [0.15, 0.2) is 5.96 Å². The number of aliphatic imine (C=N–C) groups is 1. The van der Waals surface area contributed by atoms with Gasteiger partial charge in [0.1, 0.15) is 6.04 Å². The minimum atomic E-state index is -4.81. The molecule has 10 heteroatoms. The van der Waals surface area contributed by atoms with Crippen LogP contribution in [0.15, 0.2) is 4.99 Å². The maximum Gasteiger partial charge on any atom is 0.449 e. The molecule has 0 spiro atoms. The topological polar surface area (TPSA) is 171 Å². The molecule has 16 heavy (non-hydrogen) atoms. The van der Waals surface area contributed by atoms with Crippen LogP contribution in [0, 0.1) is 0 Å². The molecule has 0 aliphatic heterocycles. The lowest BCUT2D eigenvalue weighted by molar-refractivity contribution is -0.136. The van der Waals surface area contributed by atoms with Crippen molar-refractivity contribution in [1.82, 2.24) is 0 Å². The van der Waals surface area contributed by atoms with E-state index in [4.69, 9.17) is 21.8 Å². The molecule has 1 atom stereocenters. The van der Waals surface area contributed by atoms with Gasteiger partial charge in [0, 0.05) is 6.54 Å². The Morgan fingerprint density at radius 2 is 2.00 bits per heavy atom. The fourth-order valence-corrected chi connectivity index (χ4v) is 1.13. The predicted octanol–water partition coefficient (Wildman–Crippen LogP) is -2.29. The molecule has 0 bridgehead atoms. The number of hydrogen-bond donors (Lipinski definition) is 4. The van der Waals surface area contributed by atoms with Crippen LogP contribution in [0.25, 0.3) is 0 Å². The zero-order valence-corrected chi connectivity index (χ0v) is 9.18. The largest absolute Gasteiger partial charge is 0.449 e. The van der Waals surface area contributed by atoms with Gasteiger partial charge < -0.3 is 21.4 Å². The molecule has 0 fully saturated rings. The Morgan fingerprint density at radius 1 is 1.44 bits per heavy atom. The van der Waals surface area contributed by atoms with Crippen LogP contribution in [0.5, 0.6) is 0 Å². The Bertz CT molecular complexity index is 361. The zero-order chi connectivity index (χ0) is 12.8. The zero-order valence-electron chi connectivity index (χ0n) is 8.37. The molecule has 0 radical (unpaired) electrons. The summed E-state index contributed by atoms with van der Waals surface area (Å²) in [5.74, 6) is -1.32. The van der Waals surface area contributed by atoms with Crippen molar-refractivity contribution in [3.8, 4) is 0 Å². The molecule has 0 amide bonds. The smallest absolute Gasteiger partial charge is 0.370 e. The molecule has 0 saturated carbocycles. The van der Waals surface area contributed by atoms with Gasteiger partial charge in [-0.2, -0.15) is 8.42 Å². The first-order valence-corrected chi connectivity index (χ1v) is 5.60. The molecular formula is C6H14N4O5S. The number of rotatable bonds is 6. The molecule has 0 aromatic heterocycles. The average Bonchev–Trinajstić information content (AvgIpc) is 2.08. The maximum absolute atomic E-state index is 10.9. The van der Waals surface area contributed by atoms with Crippen LogP contribution >= 0.6 is 0 Å². The summed E-state index contributed by atoms with van der Waals surface area (Å²) in [6.07, 6.45) is 0.505. The van der Waals surface area contributed by atoms with Gasteiger partial charge in [-0.3, -0.25) is 9.55 Å². The van der Waals surface area contributed by atoms with Crippen LogP contribution in [0.1, 0.15) is 12.8 Å². The highest BCUT2D eigenvalue weighted by molar-refractivity contribution is 7.81. The van der Waals surface area contributed by atoms with E-state index in [-0.39, 0.29) is 18.9 Å². The molecule has 0 aliphatic rings. The second kappa shape index (κ2) is 6.25. The van der Waals surface area contributed by atoms with E-state index in [0.29, 0.717) is 6.42 Å². The molecule has 0 rings (SSSR count). The van der Waals surface area contributed by atoms with Crippen molar-refractivity contribution in [2.75, 3.05) is 6.54 Å². The summed E-state index contributed by atoms with van der Waals surface area (Å²) < 4.78 is 32.2. The van der Waals surface area contributed by atoms with Gasteiger partial charge in [0.05, 0.1) is 0 Å². The SMILES string of the molecule is NC(N)=NCCC[C@H](N)C(=O)OS(=O)(=O)O. The van der Waals surface area contributed by atoms with Gasteiger partial charge in [-0.25, -0.2) is 4.79 Å². The van der Waals surface area contributed by atoms with Crippen molar-refractivity contribution >= 4 is 22.3 Å². The fourth-order valence-electron chi connectivity index (χ4n) is 0.803. The molecule has 0 aliphatic carbocycles. The molecule has 0 unspecified atom stereocenters. The lowest BCUT2D eigenvalue weighted by Crippen LogP contribution is -2.33. The van der Waals surface area contributed by atoms with Gasteiger partial charge in [0.2, 0.25) is 0 Å². The normalized spacial score (nSPS) is 12.9. The number of nitrogens with zero attached hydrogens (tertiary/aromatic N) is 1.